The molecule has 7 heteroatoms. The van der Waals surface area contributed by atoms with Gasteiger partial charge in [0, 0.05) is 26.1 Å². The highest BCUT2D eigenvalue weighted by Gasteiger charge is 2.16. The predicted molar refractivity (Wildman–Crippen MR) is 114 cm³/mol. The van der Waals surface area contributed by atoms with E-state index in [2.05, 4.69) is 23.9 Å². The summed E-state index contributed by atoms with van der Waals surface area (Å²) in [5.41, 5.74) is 2.40. The first-order chi connectivity index (χ1) is 14.0. The van der Waals surface area contributed by atoms with Gasteiger partial charge in [-0.2, -0.15) is 5.10 Å². The number of aromatic nitrogens is 4. The Bertz CT molecular complexity index is 1040. The van der Waals surface area contributed by atoms with Gasteiger partial charge in [0.05, 0.1) is 11.9 Å². The van der Waals surface area contributed by atoms with Gasteiger partial charge in [-0.15, -0.1) is 0 Å². The highest BCUT2D eigenvalue weighted by Crippen LogP contribution is 2.15. The Morgan fingerprint density at radius 2 is 1.72 bits per heavy atom. The number of aryl methyl sites for hydroxylation is 2. The molecule has 0 saturated carbocycles. The van der Waals surface area contributed by atoms with E-state index in [-0.39, 0.29) is 11.5 Å². The Kier molecular flexibility index (Phi) is 6.46. The van der Waals surface area contributed by atoms with Gasteiger partial charge in [-0.1, -0.05) is 31.5 Å². The smallest absolute Gasteiger partial charge is 0.264 e. The van der Waals surface area contributed by atoms with Gasteiger partial charge in [-0.05, 0) is 38.8 Å². The average Bonchev–Trinajstić information content (AvgIpc) is 3.12. The van der Waals surface area contributed by atoms with Crippen LogP contribution in [0, 0.1) is 13.8 Å². The Morgan fingerprint density at radius 1 is 1.07 bits per heavy atom. The first-order valence-electron chi connectivity index (χ1n) is 10.3. The van der Waals surface area contributed by atoms with Crippen LogP contribution in [0.1, 0.15) is 44.5 Å². The van der Waals surface area contributed by atoms with Crippen molar-refractivity contribution in [1.82, 2.24) is 24.2 Å². The molecule has 0 unspecified atom stereocenters. The number of carbonyl (C=O) groups excluding carboxylic acids is 1. The summed E-state index contributed by atoms with van der Waals surface area (Å²) in [6, 6.07) is 7.92. The summed E-state index contributed by atoms with van der Waals surface area (Å²) < 4.78 is 3.26. The molecule has 0 radical (unpaired) electrons. The summed E-state index contributed by atoms with van der Waals surface area (Å²) in [6.07, 6.45) is 3.70. The number of rotatable bonds is 8. The molecule has 1 amide bonds. The lowest BCUT2D eigenvalue weighted by Gasteiger charge is -2.21. The molecule has 0 N–H and O–H groups in total. The van der Waals surface area contributed by atoms with E-state index < -0.39 is 0 Å². The standard InChI is InChI=1S/C22H29N5O2/c1-5-12-25(13-6-2)20(28)11-14-26-17(4)24-21-19(22(26)29)15-23-27(21)18-9-7-16(3)8-10-18/h7-10,15H,5-6,11-14H2,1-4H3. The summed E-state index contributed by atoms with van der Waals surface area (Å²) in [4.78, 5) is 32.1. The molecule has 0 fully saturated rings. The van der Waals surface area contributed by atoms with Crippen molar-refractivity contribution in [2.75, 3.05) is 13.1 Å². The number of carbonyl (C=O) groups is 1. The van der Waals surface area contributed by atoms with E-state index in [1.165, 1.54) is 0 Å². The lowest BCUT2D eigenvalue weighted by atomic mass is 10.2. The second-order valence-electron chi connectivity index (χ2n) is 7.38. The van der Waals surface area contributed by atoms with Crippen molar-refractivity contribution in [1.29, 1.82) is 0 Å². The van der Waals surface area contributed by atoms with E-state index in [0.717, 1.165) is 37.2 Å². The van der Waals surface area contributed by atoms with Crippen LogP contribution in [0.15, 0.2) is 35.3 Å². The van der Waals surface area contributed by atoms with E-state index >= 15 is 0 Å². The van der Waals surface area contributed by atoms with Crippen LogP contribution in [0.25, 0.3) is 16.7 Å². The second kappa shape index (κ2) is 9.03. The Balaban J connectivity index is 1.88. The molecule has 2 aromatic heterocycles. The fraction of sp³-hybridized carbons (Fsp3) is 0.455. The monoisotopic (exact) mass is 395 g/mol. The van der Waals surface area contributed by atoms with E-state index in [9.17, 15) is 9.59 Å². The summed E-state index contributed by atoms with van der Waals surface area (Å²) in [5.74, 6) is 0.664. The third kappa shape index (κ3) is 4.39. The van der Waals surface area contributed by atoms with Crippen molar-refractivity contribution in [3.63, 3.8) is 0 Å². The normalized spacial score (nSPS) is 11.2. The molecule has 0 bridgehead atoms. The Labute approximate surface area is 171 Å². The maximum absolute atomic E-state index is 13.0. The van der Waals surface area contributed by atoms with Crippen LogP contribution in [0.3, 0.4) is 0 Å². The highest BCUT2D eigenvalue weighted by molar-refractivity contribution is 5.77. The minimum Gasteiger partial charge on any atom is -0.343 e. The predicted octanol–water partition coefficient (Wildman–Crippen LogP) is 3.24. The van der Waals surface area contributed by atoms with E-state index in [1.54, 1.807) is 22.4 Å². The van der Waals surface area contributed by atoms with Gasteiger partial charge >= 0.3 is 0 Å². The number of nitrogens with zero attached hydrogens (tertiary/aromatic N) is 5. The van der Waals surface area contributed by atoms with Crippen molar-refractivity contribution in [2.24, 2.45) is 0 Å². The third-order valence-electron chi connectivity index (χ3n) is 5.05. The van der Waals surface area contributed by atoms with Gasteiger partial charge in [0.25, 0.3) is 5.56 Å². The van der Waals surface area contributed by atoms with Gasteiger partial charge in [-0.3, -0.25) is 14.2 Å². The SMILES string of the molecule is CCCN(CCC)C(=O)CCn1c(C)nc2c(cnn2-c2ccc(C)cc2)c1=O. The highest BCUT2D eigenvalue weighted by atomic mass is 16.2. The van der Waals surface area contributed by atoms with E-state index in [4.69, 9.17) is 0 Å². The second-order valence-corrected chi connectivity index (χ2v) is 7.38. The van der Waals surface area contributed by atoms with E-state index in [1.807, 2.05) is 36.1 Å². The van der Waals surface area contributed by atoms with Crippen LogP contribution in [-0.2, 0) is 11.3 Å². The van der Waals surface area contributed by atoms with Crippen LogP contribution >= 0.6 is 0 Å². The quantitative estimate of drug-likeness (QED) is 0.587. The number of hydrogen-bond donors (Lipinski definition) is 0. The van der Waals surface area contributed by atoms with Crippen LogP contribution in [0.2, 0.25) is 0 Å². The molecule has 3 rings (SSSR count). The Morgan fingerprint density at radius 3 is 2.34 bits per heavy atom. The summed E-state index contributed by atoms with van der Waals surface area (Å²) in [5, 5.41) is 4.84. The summed E-state index contributed by atoms with van der Waals surface area (Å²) in [6.45, 7) is 9.78. The zero-order chi connectivity index (χ0) is 21.0. The molecular formula is C22H29N5O2. The zero-order valence-corrected chi connectivity index (χ0v) is 17.7. The lowest BCUT2D eigenvalue weighted by molar-refractivity contribution is -0.131. The van der Waals surface area contributed by atoms with Crippen LogP contribution in [0.4, 0.5) is 0 Å². The van der Waals surface area contributed by atoms with Gasteiger partial charge in [-0.25, -0.2) is 9.67 Å². The zero-order valence-electron chi connectivity index (χ0n) is 17.7. The van der Waals surface area contributed by atoms with Gasteiger partial charge in [0.2, 0.25) is 5.91 Å². The van der Waals surface area contributed by atoms with Crippen LogP contribution in [-0.4, -0.2) is 43.2 Å². The molecule has 154 valence electrons. The number of hydrogen-bond acceptors (Lipinski definition) is 4. The maximum Gasteiger partial charge on any atom is 0.264 e. The number of fused-ring (bicyclic) bond motifs is 1. The van der Waals surface area contributed by atoms with Crippen molar-refractivity contribution < 1.29 is 4.79 Å². The van der Waals surface area contributed by atoms with Crippen LogP contribution < -0.4 is 5.56 Å². The summed E-state index contributed by atoms with van der Waals surface area (Å²) >= 11 is 0. The molecule has 0 aliphatic rings. The molecule has 7 nitrogen and oxygen atoms in total. The molecule has 0 aliphatic carbocycles. The molecular weight excluding hydrogens is 366 g/mol. The van der Waals surface area contributed by atoms with Crippen LogP contribution in [0.5, 0.6) is 0 Å². The van der Waals surface area contributed by atoms with Gasteiger partial charge in [0.15, 0.2) is 5.65 Å². The van der Waals surface area contributed by atoms with Gasteiger partial charge in [0.1, 0.15) is 11.2 Å². The minimum atomic E-state index is -0.156. The average molecular weight is 396 g/mol. The molecule has 2 heterocycles. The number of benzene rings is 1. The third-order valence-corrected chi connectivity index (χ3v) is 5.05. The number of amides is 1. The first kappa shape index (κ1) is 20.8. The molecule has 0 saturated heterocycles. The maximum atomic E-state index is 13.0. The summed E-state index contributed by atoms with van der Waals surface area (Å²) in [7, 11) is 0. The molecule has 0 atom stereocenters. The lowest BCUT2D eigenvalue weighted by Crippen LogP contribution is -2.34. The fourth-order valence-corrected chi connectivity index (χ4v) is 3.51. The largest absolute Gasteiger partial charge is 0.343 e. The molecule has 1 aromatic carbocycles. The fourth-order valence-electron chi connectivity index (χ4n) is 3.51. The van der Waals surface area contributed by atoms with Crippen molar-refractivity contribution in [2.45, 2.75) is 53.5 Å². The molecule has 3 aromatic rings. The first-order valence-corrected chi connectivity index (χ1v) is 10.3. The van der Waals surface area contributed by atoms with Gasteiger partial charge < -0.3 is 4.90 Å². The van der Waals surface area contributed by atoms with Crippen molar-refractivity contribution in [3.05, 3.63) is 52.2 Å². The molecule has 0 spiro atoms. The minimum absolute atomic E-state index is 0.0791. The van der Waals surface area contributed by atoms with Crippen molar-refractivity contribution >= 4 is 16.9 Å². The molecule has 29 heavy (non-hydrogen) atoms. The molecule has 0 aliphatic heterocycles. The van der Waals surface area contributed by atoms with E-state index in [0.29, 0.717) is 29.8 Å². The van der Waals surface area contributed by atoms with Crippen molar-refractivity contribution in [3.8, 4) is 5.69 Å². The Hall–Kier alpha value is -2.96. The topological polar surface area (TPSA) is 73.0 Å².